The minimum Gasteiger partial charge on any atom is -0.466 e. The van der Waals surface area contributed by atoms with Crippen LogP contribution in [-0.2, 0) is 9.53 Å². The summed E-state index contributed by atoms with van der Waals surface area (Å²) in [5.74, 6) is 0.991. The number of thioether (sulfide) groups is 1. The quantitative estimate of drug-likeness (QED) is 0.780. The summed E-state index contributed by atoms with van der Waals surface area (Å²) in [6.45, 7) is 5.75. The summed E-state index contributed by atoms with van der Waals surface area (Å²) in [5, 5.41) is 3.89. The SMILES string of the molecule is CCOC(=O)C1CCN(C(=O)NC2CCCC(SCC)C2)CC1. The van der Waals surface area contributed by atoms with Gasteiger partial charge in [0.15, 0.2) is 0 Å². The molecule has 2 atom stereocenters. The number of rotatable bonds is 5. The van der Waals surface area contributed by atoms with Gasteiger partial charge >= 0.3 is 12.0 Å². The molecule has 23 heavy (non-hydrogen) atoms. The first kappa shape index (κ1) is 18.4. The molecule has 2 fully saturated rings. The van der Waals surface area contributed by atoms with Crippen LogP contribution in [0.1, 0.15) is 52.4 Å². The summed E-state index contributed by atoms with van der Waals surface area (Å²) in [6, 6.07) is 0.350. The van der Waals surface area contributed by atoms with Gasteiger partial charge in [-0.05, 0) is 44.8 Å². The Kier molecular flexibility index (Phi) is 7.53. The first-order valence-electron chi connectivity index (χ1n) is 8.97. The van der Waals surface area contributed by atoms with Crippen molar-refractivity contribution in [1.82, 2.24) is 10.2 Å². The van der Waals surface area contributed by atoms with Crippen LogP contribution < -0.4 is 5.32 Å². The fraction of sp³-hybridized carbons (Fsp3) is 0.882. The van der Waals surface area contributed by atoms with Gasteiger partial charge in [0.2, 0.25) is 0 Å². The number of ether oxygens (including phenoxy) is 1. The third kappa shape index (κ3) is 5.59. The van der Waals surface area contributed by atoms with Crippen LogP contribution in [-0.4, -0.2) is 53.6 Å². The summed E-state index contributed by atoms with van der Waals surface area (Å²) >= 11 is 2.01. The van der Waals surface area contributed by atoms with E-state index in [0.717, 1.165) is 18.6 Å². The smallest absolute Gasteiger partial charge is 0.317 e. The highest BCUT2D eigenvalue weighted by Gasteiger charge is 2.30. The van der Waals surface area contributed by atoms with Crippen molar-refractivity contribution in [3.05, 3.63) is 0 Å². The number of nitrogens with zero attached hydrogens (tertiary/aromatic N) is 1. The molecule has 2 aliphatic rings. The predicted molar refractivity (Wildman–Crippen MR) is 93.6 cm³/mol. The van der Waals surface area contributed by atoms with Gasteiger partial charge in [-0.15, -0.1) is 0 Å². The molecule has 0 aromatic rings. The van der Waals surface area contributed by atoms with Gasteiger partial charge in [-0.1, -0.05) is 13.3 Å². The first-order valence-corrected chi connectivity index (χ1v) is 10.0. The minimum absolute atomic E-state index is 0.0412. The Morgan fingerprint density at radius 1 is 1.17 bits per heavy atom. The van der Waals surface area contributed by atoms with Crippen LogP contribution in [0.15, 0.2) is 0 Å². The number of piperidine rings is 1. The lowest BCUT2D eigenvalue weighted by Crippen LogP contribution is -2.49. The zero-order chi connectivity index (χ0) is 16.7. The van der Waals surface area contributed by atoms with E-state index in [0.29, 0.717) is 43.8 Å². The molecule has 1 aliphatic heterocycles. The number of esters is 1. The third-order valence-electron chi connectivity index (χ3n) is 4.76. The number of amides is 2. The number of hydrogen-bond donors (Lipinski definition) is 1. The van der Waals surface area contributed by atoms with Gasteiger partial charge in [-0.25, -0.2) is 4.79 Å². The molecule has 1 N–H and O–H groups in total. The Hall–Kier alpha value is -0.910. The lowest BCUT2D eigenvalue weighted by atomic mass is 9.95. The van der Waals surface area contributed by atoms with Crippen LogP contribution in [0.3, 0.4) is 0 Å². The maximum Gasteiger partial charge on any atom is 0.317 e. The van der Waals surface area contributed by atoms with Crippen molar-refractivity contribution in [1.29, 1.82) is 0 Å². The Labute approximate surface area is 143 Å². The highest BCUT2D eigenvalue weighted by molar-refractivity contribution is 7.99. The Balaban J connectivity index is 1.73. The topological polar surface area (TPSA) is 58.6 Å². The van der Waals surface area contributed by atoms with E-state index in [4.69, 9.17) is 4.74 Å². The van der Waals surface area contributed by atoms with Gasteiger partial charge in [-0.2, -0.15) is 11.8 Å². The second-order valence-electron chi connectivity index (χ2n) is 6.40. The van der Waals surface area contributed by atoms with Crippen LogP contribution in [0.2, 0.25) is 0 Å². The highest BCUT2D eigenvalue weighted by atomic mass is 32.2. The van der Waals surface area contributed by atoms with Gasteiger partial charge in [0.1, 0.15) is 0 Å². The van der Waals surface area contributed by atoms with Crippen molar-refractivity contribution in [2.75, 3.05) is 25.4 Å². The molecule has 6 heteroatoms. The second kappa shape index (κ2) is 9.40. The molecule has 1 saturated heterocycles. The first-order chi connectivity index (χ1) is 11.1. The Morgan fingerprint density at radius 2 is 1.91 bits per heavy atom. The molecule has 0 bridgehead atoms. The van der Waals surface area contributed by atoms with Gasteiger partial charge < -0.3 is 15.0 Å². The van der Waals surface area contributed by atoms with E-state index in [1.165, 1.54) is 12.8 Å². The summed E-state index contributed by atoms with van der Waals surface area (Å²) in [6.07, 6.45) is 6.08. The fourth-order valence-corrected chi connectivity index (χ4v) is 4.68. The van der Waals surface area contributed by atoms with Crippen molar-refractivity contribution in [3.63, 3.8) is 0 Å². The molecule has 1 aliphatic carbocycles. The number of hydrogen-bond acceptors (Lipinski definition) is 4. The fourth-order valence-electron chi connectivity index (χ4n) is 3.51. The van der Waals surface area contributed by atoms with Crippen molar-refractivity contribution >= 4 is 23.8 Å². The standard InChI is InChI=1S/C17H30N2O3S/c1-3-22-16(20)13-8-10-19(11-9-13)17(21)18-14-6-5-7-15(12-14)23-4-2/h13-15H,3-12H2,1-2H3,(H,18,21). The average Bonchev–Trinajstić information content (AvgIpc) is 2.56. The molecule has 1 heterocycles. The Bertz CT molecular complexity index is 395. The molecule has 132 valence electrons. The zero-order valence-electron chi connectivity index (χ0n) is 14.4. The van der Waals surface area contributed by atoms with E-state index in [1.54, 1.807) is 0 Å². The lowest BCUT2D eigenvalue weighted by Gasteiger charge is -2.34. The summed E-state index contributed by atoms with van der Waals surface area (Å²) < 4.78 is 5.07. The van der Waals surface area contributed by atoms with Crippen LogP contribution in [0.5, 0.6) is 0 Å². The van der Waals surface area contributed by atoms with E-state index in [1.807, 2.05) is 23.6 Å². The van der Waals surface area contributed by atoms with Crippen LogP contribution in [0, 0.1) is 5.92 Å². The molecule has 0 radical (unpaired) electrons. The number of urea groups is 1. The lowest BCUT2D eigenvalue weighted by molar-refractivity contribution is -0.149. The summed E-state index contributed by atoms with van der Waals surface area (Å²) in [4.78, 5) is 26.0. The Morgan fingerprint density at radius 3 is 2.57 bits per heavy atom. The van der Waals surface area contributed by atoms with E-state index < -0.39 is 0 Å². The number of carbonyl (C=O) groups is 2. The predicted octanol–water partition coefficient (Wildman–Crippen LogP) is 3.04. The molecule has 0 aromatic carbocycles. The van der Waals surface area contributed by atoms with E-state index in [9.17, 15) is 9.59 Å². The van der Waals surface area contributed by atoms with Crippen LogP contribution in [0.25, 0.3) is 0 Å². The third-order valence-corrected chi connectivity index (χ3v) is 5.99. The molecular formula is C17H30N2O3S. The van der Waals surface area contributed by atoms with Crippen molar-refractivity contribution in [3.8, 4) is 0 Å². The molecule has 5 nitrogen and oxygen atoms in total. The summed E-state index contributed by atoms with van der Waals surface area (Å²) in [7, 11) is 0. The van der Waals surface area contributed by atoms with Gasteiger partial charge in [0, 0.05) is 24.4 Å². The molecule has 2 unspecified atom stereocenters. The van der Waals surface area contributed by atoms with Gasteiger partial charge in [0.25, 0.3) is 0 Å². The normalized spacial score (nSPS) is 25.9. The number of carbonyl (C=O) groups excluding carboxylic acids is 2. The second-order valence-corrected chi connectivity index (χ2v) is 7.98. The van der Waals surface area contributed by atoms with Crippen molar-refractivity contribution in [2.24, 2.45) is 5.92 Å². The maximum atomic E-state index is 12.4. The van der Waals surface area contributed by atoms with Gasteiger partial charge in [-0.3, -0.25) is 4.79 Å². The number of likely N-dealkylation sites (tertiary alicyclic amines) is 1. The van der Waals surface area contributed by atoms with E-state index in [2.05, 4.69) is 12.2 Å². The summed E-state index contributed by atoms with van der Waals surface area (Å²) in [5.41, 5.74) is 0. The van der Waals surface area contributed by atoms with Crippen molar-refractivity contribution < 1.29 is 14.3 Å². The molecule has 1 saturated carbocycles. The minimum atomic E-state index is -0.112. The van der Waals surface area contributed by atoms with E-state index in [-0.39, 0.29) is 17.9 Å². The zero-order valence-corrected chi connectivity index (χ0v) is 15.2. The maximum absolute atomic E-state index is 12.4. The van der Waals surface area contributed by atoms with Crippen molar-refractivity contribution in [2.45, 2.75) is 63.7 Å². The largest absolute Gasteiger partial charge is 0.466 e. The van der Waals surface area contributed by atoms with E-state index >= 15 is 0 Å². The van der Waals surface area contributed by atoms with Gasteiger partial charge in [0.05, 0.1) is 12.5 Å². The molecular weight excluding hydrogens is 312 g/mol. The van der Waals surface area contributed by atoms with Crippen LogP contribution in [0.4, 0.5) is 4.79 Å². The number of nitrogens with one attached hydrogen (secondary N) is 1. The molecule has 2 rings (SSSR count). The van der Waals surface area contributed by atoms with Crippen LogP contribution >= 0.6 is 11.8 Å². The molecule has 0 aromatic heterocycles. The molecule has 2 amide bonds. The molecule has 0 spiro atoms. The monoisotopic (exact) mass is 342 g/mol. The average molecular weight is 343 g/mol. The highest BCUT2D eigenvalue weighted by Crippen LogP contribution is 2.28.